The molecule has 1 aromatic carbocycles. The Morgan fingerprint density at radius 1 is 1.50 bits per heavy atom. The van der Waals surface area contributed by atoms with Crippen LogP contribution in [0, 0.1) is 23.7 Å². The molecule has 7 nitrogen and oxygen atoms in total. The Morgan fingerprint density at radius 2 is 2.29 bits per heavy atom. The summed E-state index contributed by atoms with van der Waals surface area (Å²) in [6.07, 6.45) is 13.8. The van der Waals surface area contributed by atoms with Crippen LogP contribution in [-0.2, 0) is 11.3 Å². The largest absolute Gasteiger partial charge is 0.478 e. The first kappa shape index (κ1) is 25.1. The molecule has 3 rings (SSSR count). The first-order valence-corrected chi connectivity index (χ1v) is 11.7. The molecule has 1 amide bonds. The van der Waals surface area contributed by atoms with E-state index in [4.69, 9.17) is 11.2 Å². The van der Waals surface area contributed by atoms with E-state index >= 15 is 0 Å². The number of fused-ring (bicyclic) bond motifs is 1. The zero-order valence-corrected chi connectivity index (χ0v) is 20.3. The van der Waals surface area contributed by atoms with E-state index in [0.717, 1.165) is 48.8 Å². The number of hydrogen-bond acceptors (Lipinski definition) is 4. The Hall–Kier alpha value is -3.53. The van der Waals surface area contributed by atoms with Gasteiger partial charge in [-0.1, -0.05) is 25.8 Å². The molecule has 0 bridgehead atoms. The highest BCUT2D eigenvalue weighted by Gasteiger charge is 2.34. The molecule has 34 heavy (non-hydrogen) atoms. The fourth-order valence-electron chi connectivity index (χ4n) is 4.87. The summed E-state index contributed by atoms with van der Waals surface area (Å²) < 4.78 is 7.57. The molecule has 1 saturated carbocycles. The van der Waals surface area contributed by atoms with Crippen molar-refractivity contribution in [3.63, 3.8) is 0 Å². The van der Waals surface area contributed by atoms with Crippen molar-refractivity contribution in [1.82, 2.24) is 14.5 Å². The van der Waals surface area contributed by atoms with Gasteiger partial charge < -0.3 is 14.4 Å². The number of terminal acetylenes is 1. The van der Waals surface area contributed by atoms with Crippen LogP contribution >= 0.6 is 0 Å². The van der Waals surface area contributed by atoms with Crippen LogP contribution in [0.25, 0.3) is 11.0 Å². The van der Waals surface area contributed by atoms with Gasteiger partial charge >= 0.3 is 6.09 Å². The van der Waals surface area contributed by atoms with Gasteiger partial charge in [-0.25, -0.2) is 9.78 Å². The van der Waals surface area contributed by atoms with Crippen LogP contribution in [0.4, 0.5) is 4.79 Å². The van der Waals surface area contributed by atoms with E-state index in [2.05, 4.69) is 34.0 Å². The molecule has 1 aliphatic rings. The van der Waals surface area contributed by atoms with Gasteiger partial charge in [0.25, 0.3) is 0 Å². The fraction of sp³-hybridized carbons (Fsp3) is 0.444. The molecule has 2 atom stereocenters. The van der Waals surface area contributed by atoms with Crippen molar-refractivity contribution in [3.05, 3.63) is 54.5 Å². The highest BCUT2D eigenvalue weighted by molar-refractivity contribution is 5.88. The Balaban J connectivity index is 1.71. The quantitative estimate of drug-likeness (QED) is 0.249. The second kappa shape index (κ2) is 11.1. The molecule has 7 heteroatoms. The lowest BCUT2D eigenvalue weighted by atomic mass is 9.70. The van der Waals surface area contributed by atoms with Gasteiger partial charge in [0.15, 0.2) is 0 Å². The Bertz CT molecular complexity index is 1140. The molecule has 1 aliphatic carbocycles. The smallest absolute Gasteiger partial charge is 0.411 e. The number of imidazole rings is 1. The van der Waals surface area contributed by atoms with Gasteiger partial charge in [0.05, 0.1) is 24.0 Å². The van der Waals surface area contributed by atoms with Crippen molar-refractivity contribution in [1.29, 1.82) is 0 Å². The molecule has 2 unspecified atom stereocenters. The lowest BCUT2D eigenvalue weighted by molar-refractivity contribution is 0.106. The average Bonchev–Trinajstić information content (AvgIpc) is 3.20. The molecule has 1 fully saturated rings. The lowest BCUT2D eigenvalue weighted by Gasteiger charge is -2.40. The topological polar surface area (TPSA) is 80.0 Å². The maximum atomic E-state index is 12.0. The summed E-state index contributed by atoms with van der Waals surface area (Å²) in [5.41, 5.74) is 3.23. The van der Waals surface area contributed by atoms with Crippen molar-refractivity contribution in [2.24, 2.45) is 16.3 Å². The lowest BCUT2D eigenvalue weighted by Crippen LogP contribution is -2.38. The Labute approximate surface area is 201 Å². The number of rotatable bonds is 8. The van der Waals surface area contributed by atoms with Gasteiger partial charge in [0.2, 0.25) is 5.90 Å². The van der Waals surface area contributed by atoms with Gasteiger partial charge in [0, 0.05) is 37.5 Å². The van der Waals surface area contributed by atoms with E-state index in [9.17, 15) is 9.90 Å². The van der Waals surface area contributed by atoms with Gasteiger partial charge in [-0.05, 0) is 61.8 Å². The summed E-state index contributed by atoms with van der Waals surface area (Å²) in [6.45, 7) is 9.84. The molecule has 1 aromatic heterocycles. The zero-order valence-electron chi connectivity index (χ0n) is 20.3. The molecule has 0 spiro atoms. The third kappa shape index (κ3) is 6.07. The fourth-order valence-corrected chi connectivity index (χ4v) is 4.87. The number of carboxylic acid groups (broad SMARTS) is 1. The Morgan fingerprint density at radius 3 is 2.97 bits per heavy atom. The average molecular weight is 463 g/mol. The molecule has 2 aromatic rings. The number of ether oxygens (including phenoxy) is 1. The first-order chi connectivity index (χ1) is 16.3. The molecule has 1 N–H and O–H groups in total. The molecule has 0 radical (unpaired) electrons. The van der Waals surface area contributed by atoms with Crippen LogP contribution in [0.3, 0.4) is 0 Å². The maximum Gasteiger partial charge on any atom is 0.411 e. The van der Waals surface area contributed by atoms with Crippen LogP contribution in [0.15, 0.2) is 53.9 Å². The third-order valence-corrected chi connectivity index (χ3v) is 6.46. The number of allylic oxidation sites excluding steroid dienone is 1. The number of hydrogen-bond donors (Lipinski definition) is 1. The summed E-state index contributed by atoms with van der Waals surface area (Å²) in [5.74, 6) is 3.38. The van der Waals surface area contributed by atoms with Gasteiger partial charge in [-0.3, -0.25) is 9.89 Å². The molecule has 0 saturated heterocycles. The number of carbonyl (C=O) groups is 1. The van der Waals surface area contributed by atoms with Crippen LogP contribution < -0.4 is 0 Å². The number of benzene rings is 1. The monoisotopic (exact) mass is 462 g/mol. The molecular weight excluding hydrogens is 428 g/mol. The normalized spacial score (nSPS) is 20.9. The minimum Gasteiger partial charge on any atom is -0.478 e. The minimum absolute atomic E-state index is 0.0288. The van der Waals surface area contributed by atoms with E-state index in [-0.39, 0.29) is 11.3 Å². The predicted octanol–water partition coefficient (Wildman–Crippen LogP) is 5.33. The maximum absolute atomic E-state index is 12.0. The van der Waals surface area contributed by atoms with Crippen LogP contribution in [0.5, 0.6) is 0 Å². The number of aliphatic imine (C=N–C) groups is 1. The predicted molar refractivity (Wildman–Crippen MR) is 136 cm³/mol. The molecular formula is C27H34N4O3. The molecule has 1 heterocycles. The second-order valence-electron chi connectivity index (χ2n) is 9.21. The van der Waals surface area contributed by atoms with E-state index < -0.39 is 6.09 Å². The van der Waals surface area contributed by atoms with E-state index in [0.29, 0.717) is 24.7 Å². The van der Waals surface area contributed by atoms with Gasteiger partial charge in [0.1, 0.15) is 0 Å². The summed E-state index contributed by atoms with van der Waals surface area (Å²) in [5, 5.41) is 9.85. The zero-order chi connectivity index (χ0) is 24.7. The summed E-state index contributed by atoms with van der Waals surface area (Å²) >= 11 is 0. The van der Waals surface area contributed by atoms with Crippen LogP contribution in [-0.4, -0.2) is 51.7 Å². The van der Waals surface area contributed by atoms with Gasteiger partial charge in [-0.2, -0.15) is 0 Å². The number of amides is 1. The highest BCUT2D eigenvalue weighted by atomic mass is 16.5. The van der Waals surface area contributed by atoms with E-state index in [1.807, 2.05) is 31.5 Å². The van der Waals surface area contributed by atoms with Crippen LogP contribution in [0.1, 0.15) is 45.1 Å². The van der Waals surface area contributed by atoms with Gasteiger partial charge in [-0.15, -0.1) is 6.42 Å². The van der Waals surface area contributed by atoms with Crippen LogP contribution in [0.2, 0.25) is 0 Å². The van der Waals surface area contributed by atoms with Crippen molar-refractivity contribution in [2.75, 3.05) is 20.2 Å². The number of nitrogens with zero attached hydrogens (tertiary/aromatic N) is 4. The third-order valence-electron chi connectivity index (χ3n) is 6.46. The molecule has 0 aliphatic heterocycles. The minimum atomic E-state index is -1.00. The van der Waals surface area contributed by atoms with Crippen molar-refractivity contribution >= 4 is 23.0 Å². The summed E-state index contributed by atoms with van der Waals surface area (Å²) in [4.78, 5) is 21.9. The highest BCUT2D eigenvalue weighted by Crippen LogP contribution is 2.41. The van der Waals surface area contributed by atoms with E-state index in [1.165, 1.54) is 4.90 Å². The van der Waals surface area contributed by atoms with Crippen molar-refractivity contribution in [2.45, 2.75) is 46.1 Å². The molecule has 180 valence electrons. The van der Waals surface area contributed by atoms with Crippen molar-refractivity contribution in [3.8, 4) is 12.3 Å². The standard InChI is InChI=1S/C27H34N4O3/c1-6-21-11-12-23-24(15-21)30(19-29-23)18-27(4)14-8-9-22(16-27)17-31(26(32)33)20(3)10-13-25(28-5)34-7-2/h1,10-13,15,19,22H,3,7-9,14,16-18H2,2,4-5H3,(H,32,33)/b13-10-,28-25+. The Kier molecular flexibility index (Phi) is 8.17. The summed E-state index contributed by atoms with van der Waals surface area (Å²) in [7, 11) is 1.63. The number of aromatic nitrogens is 2. The second-order valence-corrected chi connectivity index (χ2v) is 9.21. The van der Waals surface area contributed by atoms with Crippen molar-refractivity contribution < 1.29 is 14.6 Å². The first-order valence-electron chi connectivity index (χ1n) is 11.7. The van der Waals surface area contributed by atoms with E-state index in [1.54, 1.807) is 19.2 Å². The summed E-state index contributed by atoms with van der Waals surface area (Å²) in [6, 6.07) is 5.87. The SMILES string of the molecule is C#Cc1ccc2ncn(CC3(C)CCCC(CN(C(=C)/C=C\C(=N/C)OCC)C(=O)O)C3)c2c1.